The van der Waals surface area contributed by atoms with Gasteiger partial charge in [0, 0.05) is 11.5 Å². The minimum absolute atomic E-state index is 0.0575. The molecule has 0 saturated heterocycles. The number of nitrogens with one attached hydrogen (secondary N) is 1. The van der Waals surface area contributed by atoms with Crippen LogP contribution in [0.25, 0.3) is 0 Å². The quantitative estimate of drug-likeness (QED) is 0.740. The largest absolute Gasteiger partial charge is 0.255 e. The van der Waals surface area contributed by atoms with Crippen LogP contribution in [-0.2, 0) is 10.0 Å². The van der Waals surface area contributed by atoms with E-state index in [2.05, 4.69) is 19.5 Å². The lowest BCUT2D eigenvalue weighted by Crippen LogP contribution is -2.23. The summed E-state index contributed by atoms with van der Waals surface area (Å²) in [6.45, 7) is 1.27. The normalized spacial score (nSPS) is 13.2. The number of nitriles is 1. The molecule has 1 atom stereocenters. The molecule has 1 aromatic heterocycles. The average molecular weight is 219 g/mol. The van der Waals surface area contributed by atoms with Crippen molar-refractivity contribution in [3.8, 4) is 6.07 Å². The van der Waals surface area contributed by atoms with Crippen molar-refractivity contribution in [3.63, 3.8) is 0 Å². The van der Waals surface area contributed by atoms with Crippen LogP contribution in [0.15, 0.2) is 0 Å². The Hall–Kier alpha value is -1.27. The second-order valence-electron chi connectivity index (χ2n) is 2.09. The zero-order valence-corrected chi connectivity index (χ0v) is 8.13. The van der Waals surface area contributed by atoms with Crippen LogP contribution >= 0.6 is 11.5 Å². The van der Waals surface area contributed by atoms with E-state index in [1.807, 2.05) is 0 Å². The summed E-state index contributed by atoms with van der Waals surface area (Å²) in [5.74, 6) is 0. The van der Waals surface area contributed by atoms with Crippen molar-refractivity contribution in [3.05, 3.63) is 0 Å². The van der Waals surface area contributed by atoms with Gasteiger partial charge in [-0.1, -0.05) is 9.59 Å². The van der Waals surface area contributed by atoms with Gasteiger partial charge in [0.25, 0.3) is 10.0 Å². The lowest BCUT2D eigenvalue weighted by atomic mass is 10.5. The maximum atomic E-state index is 11.2. The molecule has 1 aromatic rings. The zero-order chi connectivity index (χ0) is 9.90. The molecule has 0 saturated carbocycles. The molecule has 0 bridgehead atoms. The monoisotopic (exact) mass is 219 g/mol. The van der Waals surface area contributed by atoms with Gasteiger partial charge in [-0.2, -0.15) is 5.26 Å². The first-order chi connectivity index (χ1) is 6.06. The van der Waals surface area contributed by atoms with Gasteiger partial charge in [0.05, 0.1) is 6.07 Å². The minimum Gasteiger partial charge on any atom is -0.255 e. The number of nitrogens with zero attached hydrogens (tertiary/aromatic N) is 4. The molecule has 0 radical (unpaired) electrons. The van der Waals surface area contributed by atoms with E-state index in [-0.39, 0.29) is 5.13 Å². The van der Waals surface area contributed by atoms with Gasteiger partial charge in [-0.05, 0) is 12.1 Å². The fraction of sp³-hybridized carbons (Fsp3) is 0.500. The van der Waals surface area contributed by atoms with Crippen molar-refractivity contribution in [2.75, 3.05) is 4.72 Å². The highest BCUT2D eigenvalue weighted by atomic mass is 32.2. The number of rotatable bonds is 3. The third-order valence-electron chi connectivity index (χ3n) is 1.18. The third-order valence-corrected chi connectivity index (χ3v) is 3.33. The van der Waals surface area contributed by atoms with E-state index >= 15 is 0 Å². The van der Waals surface area contributed by atoms with Gasteiger partial charge >= 0.3 is 0 Å². The number of anilines is 1. The summed E-state index contributed by atoms with van der Waals surface area (Å²) in [6.07, 6.45) is 0. The van der Waals surface area contributed by atoms with Crippen LogP contribution in [0.4, 0.5) is 5.13 Å². The van der Waals surface area contributed by atoms with E-state index in [1.165, 1.54) is 6.92 Å². The second-order valence-corrected chi connectivity index (χ2v) is 4.82. The van der Waals surface area contributed by atoms with Gasteiger partial charge in [-0.25, -0.2) is 8.42 Å². The molecular weight excluding hydrogens is 214 g/mol. The first kappa shape index (κ1) is 9.82. The van der Waals surface area contributed by atoms with E-state index in [9.17, 15) is 8.42 Å². The maximum Gasteiger partial charge on any atom is 0.250 e. The van der Waals surface area contributed by atoms with Gasteiger partial charge in [0.2, 0.25) is 5.13 Å². The minimum atomic E-state index is -3.68. The second kappa shape index (κ2) is 3.63. The Morgan fingerprint density at radius 2 is 2.38 bits per heavy atom. The van der Waals surface area contributed by atoms with Gasteiger partial charge in [-0.15, -0.1) is 0 Å². The Bertz CT molecular complexity index is 404. The van der Waals surface area contributed by atoms with E-state index < -0.39 is 15.3 Å². The molecule has 1 N–H and O–H groups in total. The lowest BCUT2D eigenvalue weighted by Gasteiger charge is -2.03. The summed E-state index contributed by atoms with van der Waals surface area (Å²) in [7, 11) is -3.68. The number of aromatic nitrogens is 3. The molecule has 0 spiro atoms. The topological polar surface area (TPSA) is 109 Å². The van der Waals surface area contributed by atoms with Gasteiger partial charge in [0.15, 0.2) is 5.25 Å². The van der Waals surface area contributed by atoms with Crippen molar-refractivity contribution in [2.24, 2.45) is 0 Å². The Morgan fingerprint density at radius 1 is 1.69 bits per heavy atom. The molecule has 0 aliphatic heterocycles. The number of hydrogen-bond donors (Lipinski definition) is 1. The molecule has 7 nitrogen and oxygen atoms in total. The van der Waals surface area contributed by atoms with E-state index in [4.69, 9.17) is 5.26 Å². The molecule has 13 heavy (non-hydrogen) atoms. The zero-order valence-electron chi connectivity index (χ0n) is 6.50. The van der Waals surface area contributed by atoms with Crippen LogP contribution in [-0.4, -0.2) is 28.5 Å². The van der Waals surface area contributed by atoms with Crippen molar-refractivity contribution in [1.82, 2.24) is 14.8 Å². The molecule has 9 heteroatoms. The predicted octanol–water partition coefficient (Wildman–Crippen LogP) is -0.413. The van der Waals surface area contributed by atoms with Crippen LogP contribution in [0.1, 0.15) is 6.92 Å². The summed E-state index contributed by atoms with van der Waals surface area (Å²) < 4.78 is 27.9. The smallest absolute Gasteiger partial charge is 0.250 e. The fourth-order valence-electron chi connectivity index (χ4n) is 0.453. The van der Waals surface area contributed by atoms with Crippen molar-refractivity contribution in [1.29, 1.82) is 5.26 Å². The Kier molecular flexibility index (Phi) is 2.74. The van der Waals surface area contributed by atoms with Crippen LogP contribution in [0.5, 0.6) is 0 Å². The van der Waals surface area contributed by atoms with E-state index in [0.717, 1.165) is 11.5 Å². The third kappa shape index (κ3) is 2.33. The molecule has 70 valence electrons. The Morgan fingerprint density at radius 3 is 2.85 bits per heavy atom. The van der Waals surface area contributed by atoms with Crippen molar-refractivity contribution in [2.45, 2.75) is 12.2 Å². The summed E-state index contributed by atoms with van der Waals surface area (Å²) in [5.41, 5.74) is 0. The van der Waals surface area contributed by atoms with E-state index in [1.54, 1.807) is 6.07 Å². The molecule has 1 rings (SSSR count). The highest BCUT2D eigenvalue weighted by molar-refractivity contribution is 7.93. The fourth-order valence-corrected chi connectivity index (χ4v) is 1.77. The first-order valence-electron chi connectivity index (χ1n) is 3.12. The van der Waals surface area contributed by atoms with Crippen molar-refractivity contribution >= 4 is 26.7 Å². The predicted molar refractivity (Wildman–Crippen MR) is 45.3 cm³/mol. The van der Waals surface area contributed by atoms with Crippen LogP contribution in [0.3, 0.4) is 0 Å². The maximum absolute atomic E-state index is 11.2. The first-order valence-corrected chi connectivity index (χ1v) is 5.44. The molecule has 1 heterocycles. The molecule has 0 aliphatic carbocycles. The lowest BCUT2D eigenvalue weighted by molar-refractivity contribution is 0.597. The van der Waals surface area contributed by atoms with Crippen molar-refractivity contribution < 1.29 is 8.42 Å². The molecule has 0 fully saturated rings. The van der Waals surface area contributed by atoms with Gasteiger partial charge in [-0.3, -0.25) is 4.72 Å². The highest BCUT2D eigenvalue weighted by Crippen LogP contribution is 2.10. The van der Waals surface area contributed by atoms with Gasteiger partial charge in [0.1, 0.15) is 0 Å². The van der Waals surface area contributed by atoms with Crippen LogP contribution in [0, 0.1) is 11.3 Å². The summed E-state index contributed by atoms with van der Waals surface area (Å²) in [6, 6.07) is 1.60. The standard InChI is InChI=1S/C4H5N5O2S2/c1-3(2-5)13(10,11)7-4-6-8-9-12-4/h3H,1H3,(H,6,7,9). The Labute approximate surface area is 78.6 Å². The molecule has 1 unspecified atom stereocenters. The number of sulfonamides is 1. The number of hydrogen-bond acceptors (Lipinski definition) is 7. The molecule has 0 aliphatic rings. The molecular formula is C4H5N5O2S2. The summed E-state index contributed by atoms with van der Waals surface area (Å²) in [5, 5.41) is 13.9. The van der Waals surface area contributed by atoms with Crippen LogP contribution in [0.2, 0.25) is 0 Å². The van der Waals surface area contributed by atoms with Crippen LogP contribution < -0.4 is 4.72 Å². The Balaban J connectivity index is 2.81. The SMILES string of the molecule is CC(C#N)S(=O)(=O)Nc1nnns1. The average Bonchev–Trinajstić information content (AvgIpc) is 2.54. The van der Waals surface area contributed by atoms with Gasteiger partial charge < -0.3 is 0 Å². The highest BCUT2D eigenvalue weighted by Gasteiger charge is 2.21. The summed E-state index contributed by atoms with van der Waals surface area (Å²) in [4.78, 5) is 0. The van der Waals surface area contributed by atoms with E-state index in [0.29, 0.717) is 0 Å². The summed E-state index contributed by atoms with van der Waals surface area (Å²) >= 11 is 0.806. The molecule has 0 amide bonds. The molecule has 0 aromatic carbocycles.